The minimum absolute atomic E-state index is 0.136. The van der Waals surface area contributed by atoms with Crippen LogP contribution in [0.5, 0.6) is 5.06 Å². The van der Waals surface area contributed by atoms with Crippen molar-refractivity contribution < 1.29 is 19.2 Å². The van der Waals surface area contributed by atoms with Crippen LogP contribution in [-0.2, 0) is 6.42 Å². The van der Waals surface area contributed by atoms with E-state index < -0.39 is 6.09 Å². The van der Waals surface area contributed by atoms with Crippen molar-refractivity contribution in [2.45, 2.75) is 40.0 Å². The molecule has 0 bridgehead atoms. The Morgan fingerprint density at radius 2 is 2.20 bits per heavy atom. The molecule has 0 saturated heterocycles. The number of hydrogen-bond donors (Lipinski definition) is 2. The van der Waals surface area contributed by atoms with Crippen LogP contribution < -0.4 is 10.1 Å². The Kier molecular flexibility index (Phi) is 7.15. The van der Waals surface area contributed by atoms with Crippen molar-refractivity contribution in [1.29, 1.82) is 0 Å². The Balaban J connectivity index is 2.08. The molecule has 0 aliphatic carbocycles. The number of carbonyl (C=O) groups is 1. The summed E-state index contributed by atoms with van der Waals surface area (Å²) in [4.78, 5) is 16.0. The molecule has 2 aromatic rings. The van der Waals surface area contributed by atoms with Crippen molar-refractivity contribution in [3.8, 4) is 5.06 Å². The number of aromatic nitrogens is 2. The van der Waals surface area contributed by atoms with Gasteiger partial charge >= 0.3 is 6.09 Å². The molecule has 0 spiro atoms. The van der Waals surface area contributed by atoms with Crippen LogP contribution in [0.2, 0.25) is 0 Å². The first-order chi connectivity index (χ1) is 12.0. The van der Waals surface area contributed by atoms with Crippen LogP contribution in [-0.4, -0.2) is 34.5 Å². The van der Waals surface area contributed by atoms with E-state index in [1.165, 1.54) is 11.3 Å². The Morgan fingerprint density at radius 3 is 2.92 bits per heavy atom. The second-order valence-electron chi connectivity index (χ2n) is 5.50. The Morgan fingerprint density at radius 1 is 1.40 bits per heavy atom. The van der Waals surface area contributed by atoms with Gasteiger partial charge in [-0.15, -0.1) is 0 Å². The van der Waals surface area contributed by atoms with Crippen LogP contribution in [0.1, 0.15) is 47.5 Å². The van der Waals surface area contributed by atoms with Gasteiger partial charge in [-0.25, -0.2) is 9.78 Å². The Hall–Kier alpha value is -2.19. The second kappa shape index (κ2) is 9.33. The van der Waals surface area contributed by atoms with E-state index in [2.05, 4.69) is 22.4 Å². The average Bonchev–Trinajstić information content (AvgIpc) is 3.11. The fourth-order valence-electron chi connectivity index (χ4n) is 2.16. The molecule has 0 aromatic carbocycles. The lowest BCUT2D eigenvalue weighted by atomic mass is 10.1. The molecule has 0 atom stereocenters. The Labute approximate surface area is 150 Å². The molecule has 0 fully saturated rings. The maximum atomic E-state index is 11.6. The van der Waals surface area contributed by atoms with E-state index in [9.17, 15) is 4.79 Å². The topological polar surface area (TPSA) is 97.5 Å². The van der Waals surface area contributed by atoms with Crippen molar-refractivity contribution >= 4 is 29.6 Å². The number of aryl methyl sites for hydroxylation is 3. The van der Waals surface area contributed by atoms with Gasteiger partial charge in [-0.3, -0.25) is 0 Å². The quantitative estimate of drug-likeness (QED) is 0.744. The normalized spacial score (nSPS) is 11.2. The molecule has 136 valence electrons. The number of aliphatic hydroxyl groups is 1. The summed E-state index contributed by atoms with van der Waals surface area (Å²) in [5.41, 5.74) is 2.56. The van der Waals surface area contributed by atoms with Gasteiger partial charge in [-0.05, 0) is 38.8 Å². The molecule has 2 N–H and O–H groups in total. The van der Waals surface area contributed by atoms with Crippen LogP contribution in [0.15, 0.2) is 4.52 Å². The summed E-state index contributed by atoms with van der Waals surface area (Å²) in [7, 11) is 0. The number of amides is 1. The molecule has 0 radical (unpaired) electrons. The summed E-state index contributed by atoms with van der Waals surface area (Å²) >= 11 is 1.28. The third kappa shape index (κ3) is 5.40. The van der Waals surface area contributed by atoms with Crippen LogP contribution in [0, 0.1) is 13.8 Å². The van der Waals surface area contributed by atoms with Gasteiger partial charge in [0.05, 0.1) is 18.0 Å². The number of nitrogens with zero attached hydrogens (tertiary/aromatic N) is 2. The summed E-state index contributed by atoms with van der Waals surface area (Å²) < 4.78 is 10.5. The number of carbonyl (C=O) groups excluding carboxylic acids is 1. The van der Waals surface area contributed by atoms with Crippen LogP contribution >= 0.6 is 11.3 Å². The van der Waals surface area contributed by atoms with E-state index in [1.807, 2.05) is 19.1 Å². The van der Waals surface area contributed by atoms with Crippen molar-refractivity contribution in [3.63, 3.8) is 0 Å². The molecular formula is C17H23N3O4S. The summed E-state index contributed by atoms with van der Waals surface area (Å²) in [5.74, 6) is 0.774. The van der Waals surface area contributed by atoms with Gasteiger partial charge < -0.3 is 19.7 Å². The zero-order chi connectivity index (χ0) is 18.2. The number of rotatable bonds is 8. The van der Waals surface area contributed by atoms with E-state index in [4.69, 9.17) is 14.4 Å². The molecule has 2 rings (SSSR count). The standard InChI is InChI=1S/C17H23N3O4S/c1-4-5-6-14-13(12(3)24-20-14)7-8-15-19-11(2)16(25-15)23-17(22)18-9-10-21/h7-8,21H,4-6,9-10H2,1-3H3,(H,18,22)/b8-7+. The Bertz CT molecular complexity index is 736. The van der Waals surface area contributed by atoms with Crippen molar-refractivity contribution in [2.75, 3.05) is 13.2 Å². The minimum atomic E-state index is -0.604. The van der Waals surface area contributed by atoms with E-state index in [1.54, 1.807) is 6.92 Å². The lowest BCUT2D eigenvalue weighted by molar-refractivity contribution is 0.196. The highest BCUT2D eigenvalue weighted by atomic mass is 32.1. The molecule has 0 aliphatic heterocycles. The second-order valence-corrected chi connectivity index (χ2v) is 6.49. The van der Waals surface area contributed by atoms with Crippen LogP contribution in [0.4, 0.5) is 4.79 Å². The highest BCUT2D eigenvalue weighted by Crippen LogP contribution is 2.28. The first kappa shape index (κ1) is 19.1. The largest absolute Gasteiger partial charge is 0.413 e. The van der Waals surface area contributed by atoms with Crippen LogP contribution in [0.3, 0.4) is 0 Å². The van der Waals surface area contributed by atoms with E-state index in [-0.39, 0.29) is 13.2 Å². The monoisotopic (exact) mass is 365 g/mol. The van der Waals surface area contributed by atoms with Gasteiger partial charge in [0.2, 0.25) is 5.06 Å². The molecule has 0 saturated carbocycles. The molecule has 2 heterocycles. The molecule has 2 aromatic heterocycles. The molecule has 0 unspecified atom stereocenters. The van der Waals surface area contributed by atoms with E-state index >= 15 is 0 Å². The van der Waals surface area contributed by atoms with Gasteiger partial charge in [0.25, 0.3) is 0 Å². The highest BCUT2D eigenvalue weighted by Gasteiger charge is 2.13. The van der Waals surface area contributed by atoms with Gasteiger partial charge in [-0.2, -0.15) is 0 Å². The number of thiazole rings is 1. The predicted molar refractivity (Wildman–Crippen MR) is 96.7 cm³/mol. The molecule has 25 heavy (non-hydrogen) atoms. The van der Waals surface area contributed by atoms with E-state index in [0.717, 1.165) is 41.3 Å². The maximum absolute atomic E-state index is 11.6. The molecule has 7 nitrogen and oxygen atoms in total. The lowest BCUT2D eigenvalue weighted by Gasteiger charge is -2.02. The summed E-state index contributed by atoms with van der Waals surface area (Å²) in [6, 6.07) is 0. The fourth-order valence-corrected chi connectivity index (χ4v) is 2.98. The zero-order valence-corrected chi connectivity index (χ0v) is 15.5. The number of aliphatic hydroxyl groups excluding tert-OH is 1. The van der Waals surface area contributed by atoms with E-state index in [0.29, 0.717) is 10.8 Å². The molecule has 0 aliphatic rings. The van der Waals surface area contributed by atoms with Crippen molar-refractivity contribution in [1.82, 2.24) is 15.5 Å². The van der Waals surface area contributed by atoms with Gasteiger partial charge in [0.1, 0.15) is 10.8 Å². The fraction of sp³-hybridized carbons (Fsp3) is 0.471. The molecular weight excluding hydrogens is 342 g/mol. The van der Waals surface area contributed by atoms with Gasteiger partial charge in [0.15, 0.2) is 0 Å². The number of nitrogens with one attached hydrogen (secondary N) is 1. The SMILES string of the molecule is CCCCc1noc(C)c1/C=C/c1nc(C)c(OC(=O)NCCO)s1. The lowest BCUT2D eigenvalue weighted by Crippen LogP contribution is -2.29. The van der Waals surface area contributed by atoms with Crippen LogP contribution in [0.25, 0.3) is 12.2 Å². The number of ether oxygens (including phenoxy) is 1. The number of hydrogen-bond acceptors (Lipinski definition) is 7. The van der Waals surface area contributed by atoms with Crippen molar-refractivity contribution in [2.24, 2.45) is 0 Å². The van der Waals surface area contributed by atoms with Gasteiger partial charge in [-0.1, -0.05) is 29.8 Å². The summed E-state index contributed by atoms with van der Waals surface area (Å²) in [6.45, 7) is 5.81. The summed E-state index contributed by atoms with van der Waals surface area (Å²) in [5, 5.41) is 16.4. The zero-order valence-electron chi connectivity index (χ0n) is 14.7. The van der Waals surface area contributed by atoms with Crippen molar-refractivity contribution in [3.05, 3.63) is 27.7 Å². The molecule has 1 amide bonds. The number of unbranched alkanes of at least 4 members (excludes halogenated alkanes) is 1. The average molecular weight is 365 g/mol. The minimum Gasteiger partial charge on any atom is -0.397 e. The maximum Gasteiger partial charge on any atom is 0.413 e. The highest BCUT2D eigenvalue weighted by molar-refractivity contribution is 7.14. The first-order valence-electron chi connectivity index (χ1n) is 8.22. The third-order valence-electron chi connectivity index (χ3n) is 3.48. The third-order valence-corrected chi connectivity index (χ3v) is 4.48. The summed E-state index contributed by atoms with van der Waals surface area (Å²) in [6.07, 6.45) is 6.23. The predicted octanol–water partition coefficient (Wildman–Crippen LogP) is 3.34. The van der Waals surface area contributed by atoms with Gasteiger partial charge in [0, 0.05) is 12.1 Å². The molecule has 8 heteroatoms. The smallest absolute Gasteiger partial charge is 0.397 e. The first-order valence-corrected chi connectivity index (χ1v) is 9.04.